The van der Waals surface area contributed by atoms with Gasteiger partial charge in [-0.15, -0.1) is 0 Å². The lowest BCUT2D eigenvalue weighted by Gasteiger charge is -2.14. The second kappa shape index (κ2) is 7.88. The molecule has 0 aliphatic carbocycles. The number of hydrogen-bond acceptors (Lipinski definition) is 2. The summed E-state index contributed by atoms with van der Waals surface area (Å²) >= 11 is 0. The molecule has 1 rings (SSSR count). The van der Waals surface area contributed by atoms with Crippen LogP contribution >= 0.6 is 0 Å². The lowest BCUT2D eigenvalue weighted by atomic mass is 10.0. The normalized spacial score (nSPS) is 12.2. The maximum Gasteiger partial charge on any atom is 0.261 e. The number of carbonyl (C=O) groups excluding carboxylic acids is 1. The highest BCUT2D eigenvalue weighted by molar-refractivity contribution is 5.94. The van der Waals surface area contributed by atoms with Crippen molar-refractivity contribution in [2.75, 3.05) is 0 Å². The van der Waals surface area contributed by atoms with Crippen LogP contribution in [0.3, 0.4) is 0 Å². The number of aryl methyl sites for hydroxylation is 2. The quantitative estimate of drug-likeness (QED) is 0.805. The molecule has 0 spiro atoms. The molecule has 0 radical (unpaired) electrons. The summed E-state index contributed by atoms with van der Waals surface area (Å²) in [6.07, 6.45) is 4.57. The van der Waals surface area contributed by atoms with E-state index in [4.69, 9.17) is 0 Å². The molecule has 0 bridgehead atoms. The van der Waals surface area contributed by atoms with E-state index in [1.54, 1.807) is 6.07 Å². The Kier molecular flexibility index (Phi) is 6.49. The van der Waals surface area contributed by atoms with Gasteiger partial charge in [-0.1, -0.05) is 33.6 Å². The molecular formula is C16H26N2O2. The van der Waals surface area contributed by atoms with Crippen molar-refractivity contribution in [1.82, 2.24) is 10.3 Å². The highest BCUT2D eigenvalue weighted by Gasteiger charge is 2.15. The summed E-state index contributed by atoms with van der Waals surface area (Å²) in [6, 6.07) is 1.85. The second-order valence-corrected chi connectivity index (χ2v) is 5.28. The lowest BCUT2D eigenvalue weighted by molar-refractivity contribution is 0.0936. The van der Waals surface area contributed by atoms with E-state index >= 15 is 0 Å². The number of rotatable bonds is 7. The molecule has 0 fully saturated rings. The standard InChI is InChI=1S/C16H26N2O2/c1-5-8-11(4)17-15(19)13-10-12(9-6-2)14(7-3)18-16(13)20/h10-11H,5-9H2,1-4H3,(H,17,19)(H,18,20)/t11-/m0/s1. The topological polar surface area (TPSA) is 62.0 Å². The van der Waals surface area contributed by atoms with E-state index < -0.39 is 0 Å². The molecule has 1 aromatic heterocycles. The Labute approximate surface area is 121 Å². The van der Waals surface area contributed by atoms with Gasteiger partial charge in [0.25, 0.3) is 11.5 Å². The van der Waals surface area contributed by atoms with Gasteiger partial charge in [0.1, 0.15) is 5.56 Å². The van der Waals surface area contributed by atoms with Gasteiger partial charge in [0.2, 0.25) is 0 Å². The fourth-order valence-corrected chi connectivity index (χ4v) is 2.39. The molecule has 0 saturated carbocycles. The van der Waals surface area contributed by atoms with Crippen LogP contribution in [0.2, 0.25) is 0 Å². The third-order valence-electron chi connectivity index (χ3n) is 3.43. The maximum absolute atomic E-state index is 12.2. The Balaban J connectivity index is 3.02. The van der Waals surface area contributed by atoms with Crippen LogP contribution in [0.5, 0.6) is 0 Å². The van der Waals surface area contributed by atoms with Crippen molar-refractivity contribution in [3.8, 4) is 0 Å². The number of H-pyrrole nitrogens is 1. The first kappa shape index (κ1) is 16.5. The number of amides is 1. The zero-order valence-electron chi connectivity index (χ0n) is 13.0. The summed E-state index contributed by atoms with van der Waals surface area (Å²) in [6.45, 7) is 8.13. The molecule has 0 aromatic carbocycles. The average molecular weight is 278 g/mol. The molecule has 4 nitrogen and oxygen atoms in total. The van der Waals surface area contributed by atoms with E-state index in [0.29, 0.717) is 0 Å². The zero-order valence-corrected chi connectivity index (χ0v) is 13.0. The second-order valence-electron chi connectivity index (χ2n) is 5.28. The van der Waals surface area contributed by atoms with Gasteiger partial charge < -0.3 is 10.3 Å². The van der Waals surface area contributed by atoms with Crippen LogP contribution in [0.4, 0.5) is 0 Å². The molecular weight excluding hydrogens is 252 g/mol. The fraction of sp³-hybridized carbons (Fsp3) is 0.625. The number of pyridine rings is 1. The van der Waals surface area contributed by atoms with Crippen molar-refractivity contribution in [3.63, 3.8) is 0 Å². The van der Waals surface area contributed by atoms with Crippen LogP contribution in [-0.4, -0.2) is 16.9 Å². The monoisotopic (exact) mass is 278 g/mol. The number of carbonyl (C=O) groups is 1. The van der Waals surface area contributed by atoms with Crippen molar-refractivity contribution in [1.29, 1.82) is 0 Å². The molecule has 0 saturated heterocycles. The largest absolute Gasteiger partial charge is 0.349 e. The highest BCUT2D eigenvalue weighted by atomic mass is 16.2. The molecule has 1 amide bonds. The Morgan fingerprint density at radius 1 is 1.30 bits per heavy atom. The van der Waals surface area contributed by atoms with Crippen molar-refractivity contribution >= 4 is 5.91 Å². The SMILES string of the molecule is CCCc1cc(C(=O)N[C@@H](C)CCC)c(=O)[nH]c1CC. The van der Waals surface area contributed by atoms with E-state index in [2.05, 4.69) is 24.1 Å². The fourth-order valence-electron chi connectivity index (χ4n) is 2.39. The lowest BCUT2D eigenvalue weighted by Crippen LogP contribution is -2.36. The first-order valence-electron chi connectivity index (χ1n) is 7.59. The molecule has 2 N–H and O–H groups in total. The summed E-state index contributed by atoms with van der Waals surface area (Å²) in [7, 11) is 0. The number of aromatic nitrogens is 1. The molecule has 1 atom stereocenters. The van der Waals surface area contributed by atoms with Gasteiger partial charge in [0.05, 0.1) is 0 Å². The van der Waals surface area contributed by atoms with Gasteiger partial charge in [-0.3, -0.25) is 9.59 Å². The van der Waals surface area contributed by atoms with Crippen LogP contribution in [0.25, 0.3) is 0 Å². The molecule has 0 aliphatic heterocycles. The van der Waals surface area contributed by atoms with E-state index in [-0.39, 0.29) is 23.1 Å². The first-order valence-corrected chi connectivity index (χ1v) is 7.59. The van der Waals surface area contributed by atoms with Crippen LogP contribution in [-0.2, 0) is 12.8 Å². The molecule has 1 heterocycles. The highest BCUT2D eigenvalue weighted by Crippen LogP contribution is 2.10. The van der Waals surface area contributed by atoms with E-state index in [9.17, 15) is 9.59 Å². The number of aromatic amines is 1. The van der Waals surface area contributed by atoms with Gasteiger partial charge in [0, 0.05) is 11.7 Å². The van der Waals surface area contributed by atoms with Crippen molar-refractivity contribution in [2.45, 2.75) is 65.8 Å². The summed E-state index contributed by atoms with van der Waals surface area (Å²) < 4.78 is 0. The van der Waals surface area contributed by atoms with Gasteiger partial charge in [-0.25, -0.2) is 0 Å². The third-order valence-corrected chi connectivity index (χ3v) is 3.43. The Morgan fingerprint density at radius 3 is 2.55 bits per heavy atom. The Morgan fingerprint density at radius 2 is 2.00 bits per heavy atom. The van der Waals surface area contributed by atoms with Crippen LogP contribution in [0.1, 0.15) is 68.6 Å². The van der Waals surface area contributed by atoms with E-state index in [1.165, 1.54) is 0 Å². The summed E-state index contributed by atoms with van der Waals surface area (Å²) in [5, 5.41) is 2.89. The van der Waals surface area contributed by atoms with Gasteiger partial charge in [-0.2, -0.15) is 0 Å². The van der Waals surface area contributed by atoms with Crippen molar-refractivity contribution in [3.05, 3.63) is 33.2 Å². The van der Waals surface area contributed by atoms with Gasteiger partial charge in [0.15, 0.2) is 0 Å². The zero-order chi connectivity index (χ0) is 15.1. The first-order chi connectivity index (χ1) is 9.53. The van der Waals surface area contributed by atoms with Crippen LogP contribution < -0.4 is 10.9 Å². The van der Waals surface area contributed by atoms with Crippen molar-refractivity contribution < 1.29 is 4.79 Å². The minimum atomic E-state index is -0.289. The molecule has 20 heavy (non-hydrogen) atoms. The van der Waals surface area contributed by atoms with E-state index in [1.807, 2.05) is 13.8 Å². The minimum Gasteiger partial charge on any atom is -0.349 e. The molecule has 0 unspecified atom stereocenters. The Hall–Kier alpha value is -1.58. The van der Waals surface area contributed by atoms with E-state index in [0.717, 1.165) is 43.4 Å². The van der Waals surface area contributed by atoms with Crippen LogP contribution in [0.15, 0.2) is 10.9 Å². The van der Waals surface area contributed by atoms with Gasteiger partial charge in [-0.05, 0) is 37.8 Å². The summed E-state index contributed by atoms with van der Waals surface area (Å²) in [5.74, 6) is -0.271. The summed E-state index contributed by atoms with van der Waals surface area (Å²) in [5.41, 5.74) is 1.95. The Bertz CT molecular complexity index is 506. The smallest absolute Gasteiger partial charge is 0.261 e. The van der Waals surface area contributed by atoms with Crippen LogP contribution in [0, 0.1) is 0 Å². The van der Waals surface area contributed by atoms with Crippen molar-refractivity contribution in [2.24, 2.45) is 0 Å². The number of nitrogens with one attached hydrogen (secondary N) is 2. The maximum atomic E-state index is 12.2. The number of hydrogen-bond donors (Lipinski definition) is 2. The summed E-state index contributed by atoms with van der Waals surface area (Å²) in [4.78, 5) is 27.0. The predicted molar refractivity (Wildman–Crippen MR) is 82.3 cm³/mol. The minimum absolute atomic E-state index is 0.0902. The molecule has 1 aromatic rings. The molecule has 0 aliphatic rings. The average Bonchev–Trinajstić information content (AvgIpc) is 2.40. The predicted octanol–water partition coefficient (Wildman–Crippen LogP) is 2.81. The molecule has 4 heteroatoms. The third kappa shape index (κ3) is 4.22. The molecule has 112 valence electrons. The van der Waals surface area contributed by atoms with Gasteiger partial charge >= 0.3 is 0 Å².